The van der Waals surface area contributed by atoms with E-state index in [4.69, 9.17) is 14.4 Å². The van der Waals surface area contributed by atoms with Crippen LogP contribution in [0.3, 0.4) is 0 Å². The van der Waals surface area contributed by atoms with Gasteiger partial charge in [0.05, 0.1) is 23.5 Å². The van der Waals surface area contributed by atoms with Gasteiger partial charge in [-0.15, -0.1) is 11.3 Å². The number of thiazole rings is 1. The lowest BCUT2D eigenvalue weighted by molar-refractivity contribution is -0.140. The maximum absolute atomic E-state index is 12.6. The number of rotatable bonds is 4. The van der Waals surface area contributed by atoms with Crippen LogP contribution in [0.25, 0.3) is 11.5 Å². The molecule has 0 amide bonds. The molecule has 0 atom stereocenters. The number of alkyl halides is 3. The van der Waals surface area contributed by atoms with Crippen molar-refractivity contribution in [3.63, 3.8) is 0 Å². The molecule has 0 unspecified atom stereocenters. The topological polar surface area (TPSA) is 94.2 Å². The van der Waals surface area contributed by atoms with Crippen molar-refractivity contribution in [3.8, 4) is 23.2 Å². The first kappa shape index (κ1) is 16.8. The van der Waals surface area contributed by atoms with E-state index in [1.165, 1.54) is 18.5 Å². The molecule has 1 aliphatic rings. The van der Waals surface area contributed by atoms with Crippen LogP contribution in [0.2, 0.25) is 0 Å². The van der Waals surface area contributed by atoms with Crippen molar-refractivity contribution in [2.24, 2.45) is 0 Å². The first-order valence-corrected chi connectivity index (χ1v) is 8.44. The first-order chi connectivity index (χ1) is 12.4. The zero-order valence-electron chi connectivity index (χ0n) is 13.0. The molecule has 0 bridgehead atoms. The van der Waals surface area contributed by atoms with Gasteiger partial charge in [0, 0.05) is 11.3 Å². The molecule has 0 spiro atoms. The van der Waals surface area contributed by atoms with Gasteiger partial charge in [-0.05, 0) is 18.0 Å². The summed E-state index contributed by atoms with van der Waals surface area (Å²) in [6.07, 6.45) is -0.580. The minimum absolute atomic E-state index is 0.0366. The lowest BCUT2D eigenvalue weighted by atomic mass is 9.83. The van der Waals surface area contributed by atoms with E-state index >= 15 is 0 Å². The molecule has 1 fully saturated rings. The van der Waals surface area contributed by atoms with E-state index in [1.54, 1.807) is 0 Å². The Morgan fingerprint density at radius 2 is 2.04 bits per heavy atom. The Balaban J connectivity index is 1.33. The Kier molecular flexibility index (Phi) is 4.02. The van der Waals surface area contributed by atoms with E-state index in [1.807, 2.05) is 0 Å². The van der Waals surface area contributed by atoms with Crippen molar-refractivity contribution < 1.29 is 27.5 Å². The average molecular weight is 384 g/mol. The number of hydrogen-bond acceptors (Lipinski definition) is 8. The highest BCUT2D eigenvalue weighted by molar-refractivity contribution is 7.09. The van der Waals surface area contributed by atoms with Crippen LogP contribution in [0.15, 0.2) is 28.4 Å². The summed E-state index contributed by atoms with van der Waals surface area (Å²) in [4.78, 5) is 11.9. The van der Waals surface area contributed by atoms with E-state index in [0.717, 1.165) is 16.7 Å². The summed E-state index contributed by atoms with van der Waals surface area (Å²) in [6, 6.07) is 1.31. The molecule has 0 radical (unpaired) electrons. The Hall–Kier alpha value is -2.69. The van der Waals surface area contributed by atoms with E-state index in [-0.39, 0.29) is 23.7 Å². The first-order valence-electron chi connectivity index (χ1n) is 7.56. The highest BCUT2D eigenvalue weighted by Gasteiger charge is 2.38. The van der Waals surface area contributed by atoms with E-state index in [0.29, 0.717) is 29.4 Å². The van der Waals surface area contributed by atoms with Crippen LogP contribution in [0.5, 0.6) is 11.8 Å². The molecular weight excluding hydrogens is 373 g/mol. The molecule has 26 heavy (non-hydrogen) atoms. The Morgan fingerprint density at radius 1 is 1.23 bits per heavy atom. The smallest absolute Gasteiger partial charge is 0.434 e. The summed E-state index contributed by atoms with van der Waals surface area (Å²) in [5.74, 6) is 0.287. The molecule has 1 N–H and O–H groups in total. The second kappa shape index (κ2) is 6.24. The summed E-state index contributed by atoms with van der Waals surface area (Å²) >= 11 is 1.02. The van der Waals surface area contributed by atoms with Crippen molar-refractivity contribution in [1.82, 2.24) is 20.1 Å². The van der Waals surface area contributed by atoms with E-state index in [2.05, 4.69) is 20.1 Å². The van der Waals surface area contributed by atoms with Crippen LogP contribution in [-0.4, -0.2) is 31.3 Å². The summed E-state index contributed by atoms with van der Waals surface area (Å²) in [6.45, 7) is 0. The maximum Gasteiger partial charge on any atom is 0.434 e. The third-order valence-electron chi connectivity index (χ3n) is 3.92. The van der Waals surface area contributed by atoms with Gasteiger partial charge in [0.15, 0.2) is 11.5 Å². The summed E-state index contributed by atoms with van der Waals surface area (Å²) in [5.41, 5.74) is -0.458. The highest BCUT2D eigenvalue weighted by Crippen LogP contribution is 2.42. The quantitative estimate of drug-likeness (QED) is 0.734. The van der Waals surface area contributed by atoms with Crippen molar-refractivity contribution in [2.75, 3.05) is 0 Å². The standard InChI is InChI=1S/C15H11F3N4O3S/c16-15(17,18)11-6-26-14(21-11)7-1-8(2-7)24-13-5-19-9(4-20-13)10-3-12(23)22-25-10/h3-8H,1-2H2,(H,22,23)/t7-,8+. The number of halogens is 3. The van der Waals surface area contributed by atoms with Crippen LogP contribution >= 0.6 is 11.3 Å². The minimum Gasteiger partial charge on any atom is -0.491 e. The van der Waals surface area contributed by atoms with Gasteiger partial charge in [-0.3, -0.25) is 0 Å². The number of aromatic hydroxyl groups is 1. The van der Waals surface area contributed by atoms with E-state index in [9.17, 15) is 13.2 Å². The van der Waals surface area contributed by atoms with Crippen molar-refractivity contribution in [2.45, 2.75) is 31.0 Å². The molecular formula is C15H11F3N4O3S. The fraction of sp³-hybridized carbons (Fsp3) is 0.333. The van der Waals surface area contributed by atoms with Crippen molar-refractivity contribution >= 4 is 11.3 Å². The van der Waals surface area contributed by atoms with Crippen LogP contribution in [-0.2, 0) is 6.18 Å². The summed E-state index contributed by atoms with van der Waals surface area (Å²) < 4.78 is 48.3. The van der Waals surface area contributed by atoms with Gasteiger partial charge < -0.3 is 14.4 Å². The van der Waals surface area contributed by atoms with Crippen LogP contribution in [0, 0.1) is 0 Å². The molecule has 1 saturated carbocycles. The second-order valence-electron chi connectivity index (χ2n) is 5.77. The lowest BCUT2D eigenvalue weighted by Gasteiger charge is -2.33. The van der Waals surface area contributed by atoms with Crippen LogP contribution in [0.4, 0.5) is 13.2 Å². The largest absolute Gasteiger partial charge is 0.491 e. The predicted molar refractivity (Wildman–Crippen MR) is 82.7 cm³/mol. The summed E-state index contributed by atoms with van der Waals surface area (Å²) in [7, 11) is 0. The maximum atomic E-state index is 12.6. The Bertz CT molecular complexity index is 904. The van der Waals surface area contributed by atoms with Gasteiger partial charge in [0.25, 0.3) is 5.88 Å². The third-order valence-corrected chi connectivity index (χ3v) is 4.93. The molecule has 1 aliphatic carbocycles. The Morgan fingerprint density at radius 3 is 2.62 bits per heavy atom. The molecule has 0 saturated heterocycles. The fourth-order valence-corrected chi connectivity index (χ4v) is 3.49. The molecule has 3 heterocycles. The molecule has 0 aromatic carbocycles. The van der Waals surface area contributed by atoms with Crippen LogP contribution < -0.4 is 4.74 Å². The van der Waals surface area contributed by atoms with Gasteiger partial charge in [0.1, 0.15) is 11.8 Å². The zero-order valence-corrected chi connectivity index (χ0v) is 13.8. The zero-order chi connectivity index (χ0) is 18.3. The van der Waals surface area contributed by atoms with Crippen LogP contribution in [0.1, 0.15) is 29.5 Å². The second-order valence-corrected chi connectivity index (χ2v) is 6.66. The highest BCUT2D eigenvalue weighted by atomic mass is 32.1. The SMILES string of the molecule is Oc1cc(-c2cnc(O[C@H]3C[C@@H](c4nc(C(F)(F)F)cs4)C3)cn2)on1. The molecule has 3 aromatic heterocycles. The number of nitrogens with zero attached hydrogens (tertiary/aromatic N) is 4. The van der Waals surface area contributed by atoms with E-state index < -0.39 is 11.9 Å². The van der Waals surface area contributed by atoms with Crippen molar-refractivity contribution in [1.29, 1.82) is 0 Å². The number of ether oxygens (including phenoxy) is 1. The summed E-state index contributed by atoms with van der Waals surface area (Å²) in [5, 5.41) is 14.0. The molecule has 3 aromatic rings. The van der Waals surface area contributed by atoms with Gasteiger partial charge in [0.2, 0.25) is 5.88 Å². The number of aromatic nitrogens is 4. The Labute approximate surface area is 148 Å². The molecule has 4 rings (SSSR count). The van der Waals surface area contributed by atoms with Gasteiger partial charge in [-0.2, -0.15) is 13.2 Å². The monoisotopic (exact) mass is 384 g/mol. The third kappa shape index (κ3) is 3.34. The van der Waals surface area contributed by atoms with Gasteiger partial charge >= 0.3 is 6.18 Å². The van der Waals surface area contributed by atoms with Gasteiger partial charge in [-0.25, -0.2) is 15.0 Å². The molecule has 0 aliphatic heterocycles. The molecule has 7 nitrogen and oxygen atoms in total. The number of hydrogen-bond donors (Lipinski definition) is 1. The minimum atomic E-state index is -4.41. The average Bonchev–Trinajstić information content (AvgIpc) is 3.20. The lowest BCUT2D eigenvalue weighted by Crippen LogP contribution is -2.32. The fourth-order valence-electron chi connectivity index (χ4n) is 2.53. The molecule has 136 valence electrons. The normalized spacial score (nSPS) is 20.0. The van der Waals surface area contributed by atoms with Gasteiger partial charge in [-0.1, -0.05) is 0 Å². The predicted octanol–water partition coefficient (Wildman–Crippen LogP) is 3.64. The molecule has 11 heteroatoms. The van der Waals surface area contributed by atoms with Crippen molar-refractivity contribution in [3.05, 3.63) is 34.5 Å².